The second kappa shape index (κ2) is 6.35. The van der Waals surface area contributed by atoms with Crippen molar-refractivity contribution in [2.45, 2.75) is 52.3 Å². The molecule has 0 bridgehead atoms. The van der Waals surface area contributed by atoms with E-state index in [4.69, 9.17) is 4.74 Å². The summed E-state index contributed by atoms with van der Waals surface area (Å²) in [7, 11) is 0. The number of aryl methyl sites for hydroxylation is 1. The van der Waals surface area contributed by atoms with E-state index >= 15 is 0 Å². The highest BCUT2D eigenvalue weighted by Gasteiger charge is 2.24. The van der Waals surface area contributed by atoms with Crippen LogP contribution in [0.15, 0.2) is 24.3 Å². The molecule has 0 saturated carbocycles. The van der Waals surface area contributed by atoms with Gasteiger partial charge in [-0.3, -0.25) is 0 Å². The van der Waals surface area contributed by atoms with Crippen LogP contribution in [-0.4, -0.2) is 18.8 Å². The molecule has 1 fully saturated rings. The molecule has 0 amide bonds. The van der Waals surface area contributed by atoms with Crippen LogP contribution in [0.25, 0.3) is 0 Å². The first kappa shape index (κ1) is 13.6. The van der Waals surface area contributed by atoms with Gasteiger partial charge in [0, 0.05) is 19.2 Å². The van der Waals surface area contributed by atoms with E-state index in [9.17, 15) is 0 Å². The van der Waals surface area contributed by atoms with Crippen molar-refractivity contribution in [1.29, 1.82) is 0 Å². The lowest BCUT2D eigenvalue weighted by Crippen LogP contribution is -2.40. The van der Waals surface area contributed by atoms with Crippen LogP contribution in [0.2, 0.25) is 0 Å². The third kappa shape index (κ3) is 3.56. The van der Waals surface area contributed by atoms with Gasteiger partial charge in [0.2, 0.25) is 0 Å². The van der Waals surface area contributed by atoms with Crippen molar-refractivity contribution >= 4 is 0 Å². The summed E-state index contributed by atoms with van der Waals surface area (Å²) in [6, 6.07) is 9.21. The van der Waals surface area contributed by atoms with Crippen molar-refractivity contribution in [1.82, 2.24) is 5.32 Å². The molecule has 2 unspecified atom stereocenters. The molecular formula is C16H25NO. The molecule has 2 heteroatoms. The standard InChI is InChI=1S/C16H25NO/c1-12(2)16-10-15(8-9-18-16)17-11-14-7-5-4-6-13(14)3/h4-7,12,15-17H,8-11H2,1-3H3. The zero-order valence-corrected chi connectivity index (χ0v) is 11.8. The molecule has 1 aromatic carbocycles. The minimum atomic E-state index is 0.424. The smallest absolute Gasteiger partial charge is 0.0612 e. The fourth-order valence-corrected chi connectivity index (χ4v) is 2.54. The molecule has 1 N–H and O–H groups in total. The van der Waals surface area contributed by atoms with E-state index in [0.29, 0.717) is 18.1 Å². The number of rotatable bonds is 4. The molecule has 1 saturated heterocycles. The Morgan fingerprint density at radius 1 is 1.33 bits per heavy atom. The molecule has 2 rings (SSSR count). The molecule has 100 valence electrons. The van der Waals surface area contributed by atoms with Crippen molar-refractivity contribution in [3.8, 4) is 0 Å². The van der Waals surface area contributed by atoms with E-state index in [1.165, 1.54) is 11.1 Å². The zero-order valence-electron chi connectivity index (χ0n) is 11.8. The summed E-state index contributed by atoms with van der Waals surface area (Å²) in [6.07, 6.45) is 2.70. The quantitative estimate of drug-likeness (QED) is 0.881. The van der Waals surface area contributed by atoms with Gasteiger partial charge < -0.3 is 10.1 Å². The first-order valence-corrected chi connectivity index (χ1v) is 7.06. The summed E-state index contributed by atoms with van der Waals surface area (Å²) in [6.45, 7) is 8.54. The van der Waals surface area contributed by atoms with Gasteiger partial charge in [-0.2, -0.15) is 0 Å². The second-order valence-corrected chi connectivity index (χ2v) is 5.68. The predicted octanol–water partition coefficient (Wildman–Crippen LogP) is 3.29. The Hall–Kier alpha value is -0.860. The summed E-state index contributed by atoms with van der Waals surface area (Å²) < 4.78 is 5.81. The van der Waals surface area contributed by atoms with Gasteiger partial charge >= 0.3 is 0 Å². The molecule has 0 aromatic heterocycles. The Bertz CT molecular complexity index is 375. The molecule has 0 spiro atoms. The molecule has 0 aliphatic carbocycles. The van der Waals surface area contributed by atoms with Crippen LogP contribution in [0.3, 0.4) is 0 Å². The molecule has 18 heavy (non-hydrogen) atoms. The van der Waals surface area contributed by atoms with E-state index < -0.39 is 0 Å². The summed E-state index contributed by atoms with van der Waals surface area (Å²) in [5, 5.41) is 3.68. The molecular weight excluding hydrogens is 222 g/mol. The van der Waals surface area contributed by atoms with Crippen molar-refractivity contribution in [2.24, 2.45) is 5.92 Å². The monoisotopic (exact) mass is 247 g/mol. The largest absolute Gasteiger partial charge is 0.378 e. The van der Waals surface area contributed by atoms with Gasteiger partial charge in [-0.05, 0) is 36.8 Å². The highest BCUT2D eigenvalue weighted by molar-refractivity contribution is 5.25. The SMILES string of the molecule is Cc1ccccc1CNC1CCOC(C(C)C)C1. The van der Waals surface area contributed by atoms with Crippen molar-refractivity contribution in [3.63, 3.8) is 0 Å². The Morgan fingerprint density at radius 2 is 2.11 bits per heavy atom. The Balaban J connectivity index is 1.85. The van der Waals surface area contributed by atoms with Crippen LogP contribution >= 0.6 is 0 Å². The lowest BCUT2D eigenvalue weighted by molar-refractivity contribution is -0.0245. The predicted molar refractivity (Wildman–Crippen MR) is 75.6 cm³/mol. The molecule has 1 aromatic rings. The average Bonchev–Trinajstić information content (AvgIpc) is 2.38. The van der Waals surface area contributed by atoms with Crippen molar-refractivity contribution < 1.29 is 4.74 Å². The van der Waals surface area contributed by atoms with Gasteiger partial charge in [-0.1, -0.05) is 38.1 Å². The van der Waals surface area contributed by atoms with Gasteiger partial charge in [0.1, 0.15) is 0 Å². The van der Waals surface area contributed by atoms with Crippen molar-refractivity contribution in [2.75, 3.05) is 6.61 Å². The van der Waals surface area contributed by atoms with Gasteiger partial charge in [-0.15, -0.1) is 0 Å². The maximum atomic E-state index is 5.81. The minimum absolute atomic E-state index is 0.424. The fourth-order valence-electron chi connectivity index (χ4n) is 2.54. The lowest BCUT2D eigenvalue weighted by atomic mass is 9.95. The summed E-state index contributed by atoms with van der Waals surface area (Å²) >= 11 is 0. The van der Waals surface area contributed by atoms with E-state index in [2.05, 4.69) is 50.4 Å². The molecule has 1 aliphatic heterocycles. The molecule has 0 radical (unpaired) electrons. The molecule has 2 atom stereocenters. The lowest BCUT2D eigenvalue weighted by Gasteiger charge is -2.32. The number of nitrogens with one attached hydrogen (secondary N) is 1. The number of hydrogen-bond acceptors (Lipinski definition) is 2. The third-order valence-corrected chi connectivity index (χ3v) is 3.90. The van der Waals surface area contributed by atoms with Gasteiger partial charge in [0.15, 0.2) is 0 Å². The van der Waals surface area contributed by atoms with Crippen LogP contribution in [0, 0.1) is 12.8 Å². The van der Waals surface area contributed by atoms with Crippen molar-refractivity contribution in [3.05, 3.63) is 35.4 Å². The van der Waals surface area contributed by atoms with E-state index in [0.717, 1.165) is 26.0 Å². The first-order chi connectivity index (χ1) is 8.66. The van der Waals surface area contributed by atoms with E-state index in [1.54, 1.807) is 0 Å². The summed E-state index contributed by atoms with van der Waals surface area (Å²) in [5.41, 5.74) is 2.78. The summed E-state index contributed by atoms with van der Waals surface area (Å²) in [5.74, 6) is 0.619. The average molecular weight is 247 g/mol. The van der Waals surface area contributed by atoms with Crippen LogP contribution < -0.4 is 5.32 Å². The van der Waals surface area contributed by atoms with Gasteiger partial charge in [0.05, 0.1) is 6.10 Å². The molecule has 1 aliphatic rings. The topological polar surface area (TPSA) is 21.3 Å². The minimum Gasteiger partial charge on any atom is -0.378 e. The number of hydrogen-bond donors (Lipinski definition) is 1. The number of ether oxygens (including phenoxy) is 1. The van der Waals surface area contributed by atoms with Crippen LogP contribution in [-0.2, 0) is 11.3 Å². The maximum Gasteiger partial charge on any atom is 0.0612 e. The molecule has 2 nitrogen and oxygen atoms in total. The third-order valence-electron chi connectivity index (χ3n) is 3.90. The van der Waals surface area contributed by atoms with E-state index in [1.807, 2.05) is 0 Å². The summed E-state index contributed by atoms with van der Waals surface area (Å²) in [4.78, 5) is 0. The van der Waals surface area contributed by atoms with Crippen LogP contribution in [0.1, 0.15) is 37.8 Å². The Labute approximate surface area is 111 Å². The fraction of sp³-hybridized carbons (Fsp3) is 0.625. The highest BCUT2D eigenvalue weighted by Crippen LogP contribution is 2.20. The Kier molecular flexibility index (Phi) is 4.79. The molecule has 1 heterocycles. The normalized spacial score (nSPS) is 24.4. The highest BCUT2D eigenvalue weighted by atomic mass is 16.5. The van der Waals surface area contributed by atoms with Gasteiger partial charge in [-0.25, -0.2) is 0 Å². The van der Waals surface area contributed by atoms with E-state index in [-0.39, 0.29) is 0 Å². The van der Waals surface area contributed by atoms with Crippen LogP contribution in [0.5, 0.6) is 0 Å². The van der Waals surface area contributed by atoms with Crippen LogP contribution in [0.4, 0.5) is 0 Å². The maximum absolute atomic E-state index is 5.81. The first-order valence-electron chi connectivity index (χ1n) is 7.06. The second-order valence-electron chi connectivity index (χ2n) is 5.68. The Morgan fingerprint density at radius 3 is 2.83 bits per heavy atom. The zero-order chi connectivity index (χ0) is 13.0. The van der Waals surface area contributed by atoms with Gasteiger partial charge in [0.25, 0.3) is 0 Å². The number of benzene rings is 1.